The van der Waals surface area contributed by atoms with Crippen LogP contribution in [-0.2, 0) is 10.0 Å². The summed E-state index contributed by atoms with van der Waals surface area (Å²) in [6.45, 7) is 12.8. The summed E-state index contributed by atoms with van der Waals surface area (Å²) in [5, 5.41) is 9.46. The number of likely N-dealkylation sites (N-methyl/N-ethyl adjacent to an activating group) is 1. The molecule has 0 fully saturated rings. The standard InChI is InChI=1S/C16H27NO3S/c1-10-11(2)13(4)15(14(5)12(10)3)21(19,20)17(8)16(6,7)9-18/h18H,9H2,1-8H3. The average molecular weight is 313 g/mol. The van der Waals surface area contributed by atoms with Gasteiger partial charge in [0.05, 0.1) is 17.0 Å². The van der Waals surface area contributed by atoms with Crippen LogP contribution >= 0.6 is 0 Å². The Bertz CT molecular complexity index is 632. The van der Waals surface area contributed by atoms with Crippen LogP contribution in [-0.4, -0.2) is 37.0 Å². The molecule has 0 amide bonds. The number of rotatable bonds is 4. The zero-order valence-electron chi connectivity index (χ0n) is 14.3. The van der Waals surface area contributed by atoms with Crippen LogP contribution in [0, 0.1) is 34.6 Å². The van der Waals surface area contributed by atoms with Gasteiger partial charge in [0.25, 0.3) is 0 Å². The van der Waals surface area contributed by atoms with Crippen molar-refractivity contribution in [3.05, 3.63) is 27.8 Å². The molecule has 0 aliphatic carbocycles. The Morgan fingerprint density at radius 2 is 1.24 bits per heavy atom. The van der Waals surface area contributed by atoms with E-state index in [1.807, 2.05) is 34.6 Å². The highest BCUT2D eigenvalue weighted by molar-refractivity contribution is 7.89. The van der Waals surface area contributed by atoms with Gasteiger partial charge in [-0.2, -0.15) is 4.31 Å². The molecule has 0 heterocycles. The molecular formula is C16H27NO3S. The molecule has 120 valence electrons. The summed E-state index contributed by atoms with van der Waals surface area (Å²) in [5.74, 6) is 0. The molecule has 5 heteroatoms. The van der Waals surface area contributed by atoms with Crippen LogP contribution in [0.5, 0.6) is 0 Å². The maximum Gasteiger partial charge on any atom is 0.243 e. The highest BCUT2D eigenvalue weighted by Crippen LogP contribution is 2.33. The summed E-state index contributed by atoms with van der Waals surface area (Å²) in [4.78, 5) is 0.368. The van der Waals surface area contributed by atoms with Crippen LogP contribution in [0.3, 0.4) is 0 Å². The van der Waals surface area contributed by atoms with Crippen molar-refractivity contribution in [2.24, 2.45) is 0 Å². The molecular weight excluding hydrogens is 286 g/mol. The van der Waals surface area contributed by atoms with E-state index >= 15 is 0 Å². The van der Waals surface area contributed by atoms with E-state index in [4.69, 9.17) is 0 Å². The Hall–Kier alpha value is -0.910. The third-order valence-electron chi connectivity index (χ3n) is 4.79. The van der Waals surface area contributed by atoms with E-state index in [-0.39, 0.29) is 6.61 Å². The first-order valence-electron chi connectivity index (χ1n) is 7.06. The van der Waals surface area contributed by atoms with Gasteiger partial charge in [-0.25, -0.2) is 8.42 Å². The normalized spacial score (nSPS) is 13.0. The fourth-order valence-electron chi connectivity index (χ4n) is 2.41. The Kier molecular flexibility index (Phi) is 4.93. The second kappa shape index (κ2) is 5.71. The number of nitrogens with zero attached hydrogens (tertiary/aromatic N) is 1. The summed E-state index contributed by atoms with van der Waals surface area (Å²) in [7, 11) is -2.14. The van der Waals surface area contributed by atoms with Gasteiger partial charge in [-0.05, 0) is 76.3 Å². The lowest BCUT2D eigenvalue weighted by Gasteiger charge is -2.34. The molecule has 0 aliphatic rings. The van der Waals surface area contributed by atoms with E-state index in [1.165, 1.54) is 11.4 Å². The second-order valence-electron chi connectivity index (χ2n) is 6.40. The molecule has 0 atom stereocenters. The van der Waals surface area contributed by atoms with Crippen LogP contribution in [0.1, 0.15) is 41.7 Å². The molecule has 0 saturated carbocycles. The summed E-state index contributed by atoms with van der Waals surface area (Å²) >= 11 is 0. The number of aliphatic hydroxyl groups is 1. The molecule has 0 saturated heterocycles. The average Bonchev–Trinajstić information content (AvgIpc) is 2.42. The third kappa shape index (κ3) is 2.87. The first-order chi connectivity index (χ1) is 9.39. The number of sulfonamides is 1. The summed E-state index contributed by atoms with van der Waals surface area (Å²) in [5.41, 5.74) is 3.88. The SMILES string of the molecule is Cc1c(C)c(C)c(S(=O)(=O)N(C)C(C)(C)CO)c(C)c1C. The number of benzene rings is 1. The Morgan fingerprint density at radius 3 is 1.57 bits per heavy atom. The van der Waals surface area contributed by atoms with E-state index in [1.54, 1.807) is 13.8 Å². The van der Waals surface area contributed by atoms with Crippen molar-refractivity contribution >= 4 is 10.0 Å². The highest BCUT2D eigenvalue weighted by atomic mass is 32.2. The Labute approximate surface area is 128 Å². The number of aliphatic hydroxyl groups excluding tert-OH is 1. The molecule has 1 aromatic rings. The monoisotopic (exact) mass is 313 g/mol. The molecule has 1 N–H and O–H groups in total. The minimum Gasteiger partial charge on any atom is -0.394 e. The van der Waals surface area contributed by atoms with Crippen LogP contribution in [0.15, 0.2) is 4.90 Å². The van der Waals surface area contributed by atoms with Gasteiger partial charge in [-0.3, -0.25) is 0 Å². The molecule has 1 aromatic carbocycles. The van der Waals surface area contributed by atoms with Gasteiger partial charge < -0.3 is 5.11 Å². The quantitative estimate of drug-likeness (QED) is 0.929. The Balaban J connectivity index is 3.69. The molecule has 0 radical (unpaired) electrons. The van der Waals surface area contributed by atoms with Gasteiger partial charge in [0.15, 0.2) is 0 Å². The highest BCUT2D eigenvalue weighted by Gasteiger charge is 2.36. The molecule has 4 nitrogen and oxygen atoms in total. The van der Waals surface area contributed by atoms with Crippen molar-refractivity contribution in [3.8, 4) is 0 Å². The zero-order chi connectivity index (χ0) is 16.7. The van der Waals surface area contributed by atoms with Crippen molar-refractivity contribution in [2.45, 2.75) is 58.9 Å². The summed E-state index contributed by atoms with van der Waals surface area (Å²) in [6, 6.07) is 0. The van der Waals surface area contributed by atoms with E-state index in [2.05, 4.69) is 0 Å². The predicted molar refractivity (Wildman–Crippen MR) is 86.2 cm³/mol. The molecule has 0 unspecified atom stereocenters. The maximum atomic E-state index is 13.0. The molecule has 0 spiro atoms. The molecule has 0 aromatic heterocycles. The molecule has 0 bridgehead atoms. The van der Waals surface area contributed by atoms with Gasteiger partial charge in [-0.1, -0.05) is 0 Å². The molecule has 1 rings (SSSR count). The minimum atomic E-state index is -3.66. The van der Waals surface area contributed by atoms with Crippen molar-refractivity contribution in [2.75, 3.05) is 13.7 Å². The van der Waals surface area contributed by atoms with Gasteiger partial charge in [0, 0.05) is 7.05 Å². The van der Waals surface area contributed by atoms with Crippen molar-refractivity contribution in [1.29, 1.82) is 0 Å². The van der Waals surface area contributed by atoms with Crippen LogP contribution < -0.4 is 0 Å². The van der Waals surface area contributed by atoms with Crippen LogP contribution in [0.2, 0.25) is 0 Å². The number of hydrogen-bond acceptors (Lipinski definition) is 3. The largest absolute Gasteiger partial charge is 0.394 e. The smallest absolute Gasteiger partial charge is 0.243 e. The number of hydrogen-bond donors (Lipinski definition) is 1. The van der Waals surface area contributed by atoms with Crippen molar-refractivity contribution in [1.82, 2.24) is 4.31 Å². The minimum absolute atomic E-state index is 0.231. The maximum absolute atomic E-state index is 13.0. The van der Waals surface area contributed by atoms with E-state index in [0.29, 0.717) is 4.90 Å². The predicted octanol–water partition coefficient (Wildman–Crippen LogP) is 2.62. The van der Waals surface area contributed by atoms with Gasteiger partial charge in [-0.15, -0.1) is 0 Å². The molecule has 21 heavy (non-hydrogen) atoms. The fraction of sp³-hybridized carbons (Fsp3) is 0.625. The topological polar surface area (TPSA) is 57.6 Å². The zero-order valence-corrected chi connectivity index (χ0v) is 15.1. The first kappa shape index (κ1) is 18.1. The lowest BCUT2D eigenvalue weighted by molar-refractivity contribution is 0.138. The Morgan fingerprint density at radius 1 is 0.905 bits per heavy atom. The van der Waals surface area contributed by atoms with E-state index in [9.17, 15) is 13.5 Å². The summed E-state index contributed by atoms with van der Waals surface area (Å²) in [6.07, 6.45) is 0. The van der Waals surface area contributed by atoms with Crippen molar-refractivity contribution in [3.63, 3.8) is 0 Å². The van der Waals surface area contributed by atoms with Crippen LogP contribution in [0.25, 0.3) is 0 Å². The van der Waals surface area contributed by atoms with Gasteiger partial charge in [0.1, 0.15) is 0 Å². The van der Waals surface area contributed by atoms with Gasteiger partial charge in [0.2, 0.25) is 10.0 Å². The van der Waals surface area contributed by atoms with E-state index in [0.717, 1.165) is 27.8 Å². The lowest BCUT2D eigenvalue weighted by Crippen LogP contribution is -2.47. The summed E-state index contributed by atoms with van der Waals surface area (Å²) < 4.78 is 27.3. The lowest BCUT2D eigenvalue weighted by atomic mass is 9.95. The second-order valence-corrected chi connectivity index (χ2v) is 8.30. The van der Waals surface area contributed by atoms with Crippen molar-refractivity contribution < 1.29 is 13.5 Å². The van der Waals surface area contributed by atoms with Crippen LogP contribution in [0.4, 0.5) is 0 Å². The third-order valence-corrected chi connectivity index (χ3v) is 7.13. The van der Waals surface area contributed by atoms with E-state index < -0.39 is 15.6 Å². The molecule has 0 aliphatic heterocycles. The first-order valence-corrected chi connectivity index (χ1v) is 8.50. The fourth-order valence-corrected chi connectivity index (χ4v) is 4.48. The van der Waals surface area contributed by atoms with Gasteiger partial charge >= 0.3 is 0 Å².